The Morgan fingerprint density at radius 1 is 1.24 bits per heavy atom. The van der Waals surface area contributed by atoms with Gasteiger partial charge in [-0.05, 0) is 34.0 Å². The Balaban J connectivity index is 1.29. The van der Waals surface area contributed by atoms with Gasteiger partial charge in [-0.25, -0.2) is 9.78 Å². The van der Waals surface area contributed by atoms with Crippen LogP contribution in [0.25, 0.3) is 0 Å². The number of anilines is 2. The lowest BCUT2D eigenvalue weighted by atomic mass is 9.91. The SMILES string of the molecule is Cc1cc(N2CCC3(CC2)CN(CCN2CCC(N(C)C)C2)C(=O)O3)nc(N)n1. The fraction of sp³-hybridized carbons (Fsp3) is 0.750. The second-order valence-corrected chi connectivity index (χ2v) is 8.89. The molecule has 4 rings (SSSR count). The van der Waals surface area contributed by atoms with Crippen molar-refractivity contribution in [3.8, 4) is 0 Å². The lowest BCUT2D eigenvalue weighted by Crippen LogP contribution is -2.47. The Kier molecular flexibility index (Phi) is 5.52. The number of hydrogen-bond acceptors (Lipinski definition) is 8. The summed E-state index contributed by atoms with van der Waals surface area (Å²) in [6, 6.07) is 2.58. The quantitative estimate of drug-likeness (QED) is 0.772. The van der Waals surface area contributed by atoms with Gasteiger partial charge in [-0.3, -0.25) is 4.90 Å². The average molecular weight is 404 g/mol. The lowest BCUT2D eigenvalue weighted by Gasteiger charge is -2.38. The number of likely N-dealkylation sites (tertiary alicyclic amines) is 1. The monoisotopic (exact) mass is 403 g/mol. The molecule has 2 N–H and O–H groups in total. The fourth-order valence-corrected chi connectivity index (χ4v) is 4.70. The first-order valence-electron chi connectivity index (χ1n) is 10.6. The summed E-state index contributed by atoms with van der Waals surface area (Å²) in [5.74, 6) is 1.16. The second kappa shape index (κ2) is 7.95. The van der Waals surface area contributed by atoms with E-state index in [-0.39, 0.29) is 11.7 Å². The van der Waals surface area contributed by atoms with Gasteiger partial charge in [0.2, 0.25) is 5.95 Å². The van der Waals surface area contributed by atoms with Crippen LogP contribution < -0.4 is 10.6 Å². The minimum Gasteiger partial charge on any atom is -0.441 e. The average Bonchev–Trinajstić information content (AvgIpc) is 3.25. The van der Waals surface area contributed by atoms with Crippen molar-refractivity contribution < 1.29 is 9.53 Å². The molecule has 1 aromatic rings. The third-order valence-corrected chi connectivity index (χ3v) is 6.56. The van der Waals surface area contributed by atoms with E-state index in [2.05, 4.69) is 38.8 Å². The Morgan fingerprint density at radius 2 is 2.00 bits per heavy atom. The second-order valence-electron chi connectivity index (χ2n) is 8.89. The number of amides is 1. The summed E-state index contributed by atoms with van der Waals surface area (Å²) in [5.41, 5.74) is 6.30. The number of nitrogens with two attached hydrogens (primary N) is 1. The highest BCUT2D eigenvalue weighted by molar-refractivity contribution is 5.70. The molecule has 3 aliphatic rings. The molecular weight excluding hydrogens is 370 g/mol. The maximum Gasteiger partial charge on any atom is 0.410 e. The van der Waals surface area contributed by atoms with Gasteiger partial charge in [-0.1, -0.05) is 0 Å². The molecule has 0 aromatic carbocycles. The maximum atomic E-state index is 12.5. The van der Waals surface area contributed by atoms with Gasteiger partial charge in [-0.2, -0.15) is 4.98 Å². The van der Waals surface area contributed by atoms with E-state index in [0.717, 1.165) is 63.6 Å². The first-order valence-corrected chi connectivity index (χ1v) is 10.6. The molecule has 1 amide bonds. The van der Waals surface area contributed by atoms with Crippen LogP contribution in [0.15, 0.2) is 6.07 Å². The summed E-state index contributed by atoms with van der Waals surface area (Å²) >= 11 is 0. The molecule has 0 saturated carbocycles. The Bertz CT molecular complexity index is 728. The van der Waals surface area contributed by atoms with Crippen molar-refractivity contribution in [3.63, 3.8) is 0 Å². The van der Waals surface area contributed by atoms with E-state index in [1.807, 2.05) is 17.9 Å². The molecule has 3 saturated heterocycles. The highest BCUT2D eigenvalue weighted by atomic mass is 16.6. The molecule has 1 spiro atoms. The number of hydrogen-bond donors (Lipinski definition) is 1. The predicted molar refractivity (Wildman–Crippen MR) is 112 cm³/mol. The number of nitrogens with zero attached hydrogens (tertiary/aromatic N) is 6. The summed E-state index contributed by atoms with van der Waals surface area (Å²) in [7, 11) is 4.28. The van der Waals surface area contributed by atoms with Crippen molar-refractivity contribution >= 4 is 17.9 Å². The van der Waals surface area contributed by atoms with E-state index in [1.165, 1.54) is 6.42 Å². The van der Waals surface area contributed by atoms with Gasteiger partial charge in [0, 0.05) is 63.4 Å². The number of piperidine rings is 1. The van der Waals surface area contributed by atoms with Crippen LogP contribution in [-0.4, -0.2) is 102 Å². The minimum absolute atomic E-state index is 0.163. The van der Waals surface area contributed by atoms with Crippen molar-refractivity contribution in [2.24, 2.45) is 0 Å². The largest absolute Gasteiger partial charge is 0.441 e. The van der Waals surface area contributed by atoms with Crippen LogP contribution in [-0.2, 0) is 4.74 Å². The number of nitrogen functional groups attached to an aromatic ring is 1. The summed E-state index contributed by atoms with van der Waals surface area (Å²) in [5, 5.41) is 0. The number of carbonyl (C=O) groups is 1. The summed E-state index contributed by atoms with van der Waals surface area (Å²) in [6.45, 7) is 8.06. The van der Waals surface area contributed by atoms with Crippen LogP contribution in [0.5, 0.6) is 0 Å². The smallest absolute Gasteiger partial charge is 0.410 e. The van der Waals surface area contributed by atoms with Gasteiger partial charge in [0.1, 0.15) is 11.4 Å². The summed E-state index contributed by atoms with van der Waals surface area (Å²) in [4.78, 5) is 29.8. The van der Waals surface area contributed by atoms with Crippen LogP contribution in [0.4, 0.5) is 16.6 Å². The maximum absolute atomic E-state index is 12.5. The number of rotatable bonds is 5. The van der Waals surface area contributed by atoms with Gasteiger partial charge in [0.25, 0.3) is 0 Å². The van der Waals surface area contributed by atoms with Crippen molar-refractivity contribution in [2.75, 3.05) is 70.5 Å². The molecule has 1 atom stereocenters. The zero-order valence-electron chi connectivity index (χ0n) is 17.8. The standard InChI is InChI=1S/C20H33N7O2/c1-15-12-17(23-18(21)22-15)26-8-5-20(6-9-26)14-27(19(28)29-20)11-10-25-7-4-16(13-25)24(2)3/h12,16H,4-11,13-14H2,1-3H3,(H2,21,22,23). The Morgan fingerprint density at radius 3 is 2.66 bits per heavy atom. The first-order chi connectivity index (χ1) is 13.8. The van der Waals surface area contributed by atoms with Crippen LogP contribution in [0.3, 0.4) is 0 Å². The Labute approximate surface area is 172 Å². The third-order valence-electron chi connectivity index (χ3n) is 6.56. The summed E-state index contributed by atoms with van der Waals surface area (Å²) in [6.07, 6.45) is 2.66. The number of aryl methyl sites for hydroxylation is 1. The topological polar surface area (TPSA) is 91.1 Å². The van der Waals surface area contributed by atoms with Gasteiger partial charge >= 0.3 is 6.09 Å². The highest BCUT2D eigenvalue weighted by Gasteiger charge is 2.47. The molecule has 0 bridgehead atoms. The molecule has 4 heterocycles. The molecule has 29 heavy (non-hydrogen) atoms. The summed E-state index contributed by atoms with van der Waals surface area (Å²) < 4.78 is 5.88. The van der Waals surface area contributed by atoms with Gasteiger partial charge < -0.3 is 25.2 Å². The fourth-order valence-electron chi connectivity index (χ4n) is 4.70. The molecule has 3 fully saturated rings. The Hall–Kier alpha value is -2.13. The number of likely N-dealkylation sites (N-methyl/N-ethyl adjacent to an activating group) is 1. The van der Waals surface area contributed by atoms with Crippen molar-refractivity contribution in [3.05, 3.63) is 11.8 Å². The normalized spacial score (nSPS) is 24.7. The molecule has 3 aliphatic heterocycles. The molecule has 1 aromatic heterocycles. The molecule has 0 aliphatic carbocycles. The predicted octanol–water partition coefficient (Wildman–Crippen LogP) is 0.794. The number of carbonyl (C=O) groups excluding carboxylic acids is 1. The molecule has 0 radical (unpaired) electrons. The number of aromatic nitrogens is 2. The molecule has 9 heteroatoms. The van der Waals surface area contributed by atoms with Gasteiger partial charge in [0.05, 0.1) is 6.54 Å². The van der Waals surface area contributed by atoms with E-state index >= 15 is 0 Å². The van der Waals surface area contributed by atoms with Crippen LogP contribution in [0, 0.1) is 6.92 Å². The lowest BCUT2D eigenvalue weighted by molar-refractivity contribution is 0.0366. The molecule has 9 nitrogen and oxygen atoms in total. The van der Waals surface area contributed by atoms with Crippen molar-refractivity contribution in [1.82, 2.24) is 24.7 Å². The zero-order chi connectivity index (χ0) is 20.6. The van der Waals surface area contributed by atoms with E-state index in [9.17, 15) is 4.79 Å². The van der Waals surface area contributed by atoms with E-state index in [0.29, 0.717) is 18.5 Å². The van der Waals surface area contributed by atoms with Gasteiger partial charge in [-0.15, -0.1) is 0 Å². The molecule has 1 unspecified atom stereocenters. The van der Waals surface area contributed by atoms with E-state index in [4.69, 9.17) is 10.5 Å². The number of ether oxygens (including phenoxy) is 1. The van der Waals surface area contributed by atoms with Crippen LogP contribution >= 0.6 is 0 Å². The molecule has 160 valence electrons. The highest BCUT2D eigenvalue weighted by Crippen LogP contribution is 2.34. The minimum atomic E-state index is -0.363. The van der Waals surface area contributed by atoms with Crippen LogP contribution in [0.2, 0.25) is 0 Å². The third kappa shape index (κ3) is 4.40. The van der Waals surface area contributed by atoms with E-state index in [1.54, 1.807) is 0 Å². The van der Waals surface area contributed by atoms with Crippen molar-refractivity contribution in [2.45, 2.75) is 37.8 Å². The van der Waals surface area contributed by atoms with Gasteiger partial charge in [0.15, 0.2) is 0 Å². The first kappa shape index (κ1) is 20.2. The van der Waals surface area contributed by atoms with Crippen LogP contribution in [0.1, 0.15) is 25.0 Å². The molecular formula is C20H33N7O2. The zero-order valence-corrected chi connectivity index (χ0v) is 17.8. The van der Waals surface area contributed by atoms with E-state index < -0.39 is 0 Å². The van der Waals surface area contributed by atoms with Crippen molar-refractivity contribution in [1.29, 1.82) is 0 Å².